The predicted octanol–water partition coefficient (Wildman–Crippen LogP) is 2.10. The average molecular weight is 425 g/mol. The molecule has 2 aliphatic heterocycles. The molecular formula is C23H27N3O5. The maximum atomic E-state index is 12.6. The molecule has 4 rings (SSSR count). The molecule has 1 N–H and O–H groups in total. The van der Waals surface area contributed by atoms with Crippen LogP contribution in [-0.4, -0.2) is 65.4 Å². The van der Waals surface area contributed by atoms with Crippen molar-refractivity contribution in [1.82, 2.24) is 15.1 Å². The molecule has 1 saturated carbocycles. The van der Waals surface area contributed by atoms with E-state index in [2.05, 4.69) is 5.32 Å². The Labute approximate surface area is 181 Å². The van der Waals surface area contributed by atoms with Gasteiger partial charge in [-0.2, -0.15) is 0 Å². The first kappa shape index (κ1) is 21.1. The summed E-state index contributed by atoms with van der Waals surface area (Å²) in [5.74, 6) is -1.11. The number of rotatable bonds is 6. The summed E-state index contributed by atoms with van der Waals surface area (Å²) in [4.78, 5) is 51.9. The van der Waals surface area contributed by atoms with Crippen LogP contribution in [0.15, 0.2) is 36.4 Å². The molecule has 8 heteroatoms. The number of hydrogen-bond acceptors (Lipinski definition) is 5. The van der Waals surface area contributed by atoms with E-state index in [0.717, 1.165) is 29.7 Å². The summed E-state index contributed by atoms with van der Waals surface area (Å²) in [7, 11) is 0. The van der Waals surface area contributed by atoms with Gasteiger partial charge in [0.1, 0.15) is 5.54 Å². The maximum absolute atomic E-state index is 12.6. The van der Waals surface area contributed by atoms with Gasteiger partial charge in [0.2, 0.25) is 0 Å². The second-order valence-electron chi connectivity index (χ2n) is 8.27. The monoisotopic (exact) mass is 425 g/mol. The fraction of sp³-hybridized carbons (Fsp3) is 0.478. The number of imide groups is 1. The van der Waals surface area contributed by atoms with Crippen molar-refractivity contribution in [2.24, 2.45) is 0 Å². The average Bonchev–Trinajstić information content (AvgIpc) is 3.36. The molecule has 31 heavy (non-hydrogen) atoms. The molecule has 0 aromatic heterocycles. The molecule has 0 bridgehead atoms. The molecule has 3 aliphatic rings. The van der Waals surface area contributed by atoms with E-state index in [0.29, 0.717) is 25.9 Å². The van der Waals surface area contributed by atoms with E-state index >= 15 is 0 Å². The number of carbonyl (C=O) groups is 4. The minimum absolute atomic E-state index is 0.0354. The Morgan fingerprint density at radius 1 is 1.10 bits per heavy atom. The number of ether oxygens (including phenoxy) is 1. The Morgan fingerprint density at radius 2 is 1.84 bits per heavy atom. The zero-order valence-electron chi connectivity index (χ0n) is 17.5. The summed E-state index contributed by atoms with van der Waals surface area (Å²) in [5.41, 5.74) is 1.58. The van der Waals surface area contributed by atoms with Crippen molar-refractivity contribution in [2.75, 3.05) is 26.2 Å². The Kier molecular flexibility index (Phi) is 6.06. The third-order valence-electron chi connectivity index (χ3n) is 6.31. The van der Waals surface area contributed by atoms with Gasteiger partial charge >= 0.3 is 12.0 Å². The molecular weight excluding hydrogens is 398 g/mol. The van der Waals surface area contributed by atoms with Crippen LogP contribution >= 0.6 is 0 Å². The van der Waals surface area contributed by atoms with Crippen LogP contribution in [0.25, 0.3) is 5.57 Å². The lowest BCUT2D eigenvalue weighted by Crippen LogP contribution is -2.44. The van der Waals surface area contributed by atoms with Gasteiger partial charge in [-0.25, -0.2) is 4.79 Å². The lowest BCUT2D eigenvalue weighted by atomic mass is 9.98. The molecule has 164 valence electrons. The Morgan fingerprint density at radius 3 is 2.52 bits per heavy atom. The second-order valence-corrected chi connectivity index (χ2v) is 8.27. The van der Waals surface area contributed by atoms with Gasteiger partial charge in [-0.05, 0) is 30.4 Å². The van der Waals surface area contributed by atoms with Gasteiger partial charge in [0.05, 0.1) is 6.42 Å². The van der Waals surface area contributed by atoms with Crippen molar-refractivity contribution in [3.05, 3.63) is 42.0 Å². The number of benzene rings is 1. The Balaban J connectivity index is 1.21. The highest BCUT2D eigenvalue weighted by molar-refractivity contribution is 6.07. The zero-order chi connectivity index (χ0) is 21.8. The summed E-state index contributed by atoms with van der Waals surface area (Å²) in [5, 5.41) is 2.78. The molecule has 0 radical (unpaired) electrons. The van der Waals surface area contributed by atoms with Crippen LogP contribution in [0.4, 0.5) is 4.79 Å². The Bertz CT molecular complexity index is 905. The van der Waals surface area contributed by atoms with E-state index in [4.69, 9.17) is 4.74 Å². The smallest absolute Gasteiger partial charge is 0.325 e. The fourth-order valence-electron chi connectivity index (χ4n) is 4.52. The van der Waals surface area contributed by atoms with Crippen LogP contribution in [0.5, 0.6) is 0 Å². The minimum Gasteiger partial charge on any atom is -0.456 e. The quantitative estimate of drug-likeness (QED) is 0.556. The SMILES string of the molecule is O=C(CCN1C(=O)NC2(CCCC2)C1=O)OCC(=O)N1CC=C(c2ccccc2)CC1. The van der Waals surface area contributed by atoms with Crippen molar-refractivity contribution in [3.8, 4) is 0 Å². The highest BCUT2D eigenvalue weighted by Gasteiger charge is 2.52. The minimum atomic E-state index is -0.780. The third-order valence-corrected chi connectivity index (χ3v) is 6.31. The molecule has 1 spiro atoms. The van der Waals surface area contributed by atoms with Gasteiger partial charge in [-0.1, -0.05) is 49.2 Å². The van der Waals surface area contributed by atoms with Crippen molar-refractivity contribution in [1.29, 1.82) is 0 Å². The zero-order valence-corrected chi connectivity index (χ0v) is 17.5. The first-order chi connectivity index (χ1) is 15.0. The molecule has 1 aliphatic carbocycles. The molecule has 4 amide bonds. The molecule has 0 atom stereocenters. The molecule has 1 aromatic rings. The van der Waals surface area contributed by atoms with E-state index in [9.17, 15) is 19.2 Å². The van der Waals surface area contributed by atoms with Crippen molar-refractivity contribution in [2.45, 2.75) is 44.1 Å². The van der Waals surface area contributed by atoms with Crippen molar-refractivity contribution >= 4 is 29.4 Å². The number of amides is 4. The van der Waals surface area contributed by atoms with Gasteiger partial charge in [-0.15, -0.1) is 0 Å². The lowest BCUT2D eigenvalue weighted by molar-refractivity contribution is -0.152. The topological polar surface area (TPSA) is 96.0 Å². The van der Waals surface area contributed by atoms with Gasteiger partial charge in [0, 0.05) is 19.6 Å². The van der Waals surface area contributed by atoms with Crippen LogP contribution in [-0.2, 0) is 19.1 Å². The first-order valence-corrected chi connectivity index (χ1v) is 10.8. The van der Waals surface area contributed by atoms with E-state index in [1.807, 2.05) is 36.4 Å². The summed E-state index contributed by atoms with van der Waals surface area (Å²) in [6, 6.07) is 9.58. The normalized spacial score (nSPS) is 20.1. The van der Waals surface area contributed by atoms with E-state index in [1.165, 1.54) is 5.57 Å². The van der Waals surface area contributed by atoms with Crippen LogP contribution in [0, 0.1) is 0 Å². The summed E-state index contributed by atoms with van der Waals surface area (Å²) in [6.07, 6.45) is 5.74. The van der Waals surface area contributed by atoms with Gasteiger partial charge in [-0.3, -0.25) is 19.3 Å². The largest absolute Gasteiger partial charge is 0.456 e. The summed E-state index contributed by atoms with van der Waals surface area (Å²) >= 11 is 0. The summed E-state index contributed by atoms with van der Waals surface area (Å²) < 4.78 is 5.10. The van der Waals surface area contributed by atoms with E-state index in [1.54, 1.807) is 4.90 Å². The van der Waals surface area contributed by atoms with Gasteiger partial charge in [0.25, 0.3) is 11.8 Å². The van der Waals surface area contributed by atoms with Crippen LogP contribution in [0.1, 0.15) is 44.1 Å². The number of urea groups is 1. The highest BCUT2D eigenvalue weighted by atomic mass is 16.5. The predicted molar refractivity (Wildman–Crippen MR) is 113 cm³/mol. The second kappa shape index (κ2) is 8.91. The van der Waals surface area contributed by atoms with Crippen LogP contribution in [0.3, 0.4) is 0 Å². The van der Waals surface area contributed by atoms with Crippen molar-refractivity contribution in [3.63, 3.8) is 0 Å². The highest BCUT2D eigenvalue weighted by Crippen LogP contribution is 2.35. The van der Waals surface area contributed by atoms with E-state index in [-0.39, 0.29) is 31.4 Å². The van der Waals surface area contributed by atoms with Gasteiger partial charge in [0.15, 0.2) is 6.61 Å². The van der Waals surface area contributed by atoms with Crippen molar-refractivity contribution < 1.29 is 23.9 Å². The fourth-order valence-corrected chi connectivity index (χ4v) is 4.52. The summed E-state index contributed by atoms with van der Waals surface area (Å²) in [6.45, 7) is 0.677. The molecule has 0 unspecified atom stereocenters. The number of esters is 1. The number of hydrogen-bond donors (Lipinski definition) is 1. The standard InChI is InChI=1S/C23H27N3O5/c27-19(25-13-8-18(9-14-25)17-6-2-1-3-7-17)16-31-20(28)10-15-26-21(29)23(24-22(26)30)11-4-5-12-23/h1-3,6-8H,4-5,9-16H2,(H,24,30). The Hall–Kier alpha value is -3.16. The molecule has 1 aromatic carbocycles. The first-order valence-electron chi connectivity index (χ1n) is 10.8. The third kappa shape index (κ3) is 4.47. The number of carbonyl (C=O) groups excluding carboxylic acids is 4. The molecule has 2 fully saturated rings. The maximum Gasteiger partial charge on any atom is 0.325 e. The molecule has 2 heterocycles. The number of nitrogens with one attached hydrogen (secondary N) is 1. The molecule has 8 nitrogen and oxygen atoms in total. The number of nitrogens with zero attached hydrogens (tertiary/aromatic N) is 2. The van der Waals surface area contributed by atoms with E-state index < -0.39 is 17.5 Å². The molecule has 1 saturated heterocycles. The lowest BCUT2D eigenvalue weighted by Gasteiger charge is -2.26. The van der Waals surface area contributed by atoms with Gasteiger partial charge < -0.3 is 15.0 Å². The van der Waals surface area contributed by atoms with Crippen LogP contribution < -0.4 is 5.32 Å². The van der Waals surface area contributed by atoms with Crippen LogP contribution in [0.2, 0.25) is 0 Å².